The highest BCUT2D eigenvalue weighted by Crippen LogP contribution is 2.49. The zero-order valence-corrected chi connectivity index (χ0v) is 10.7. The molecule has 0 amide bonds. The molecule has 0 aromatic heterocycles. The molecule has 0 N–H and O–H groups in total. The first kappa shape index (κ1) is 10.6. The van der Waals surface area contributed by atoms with E-state index in [0.717, 1.165) is 0 Å². The van der Waals surface area contributed by atoms with Gasteiger partial charge in [0.15, 0.2) is 0 Å². The summed E-state index contributed by atoms with van der Waals surface area (Å²) in [5.74, 6) is 0.564. The molecule has 17 heavy (non-hydrogen) atoms. The van der Waals surface area contributed by atoms with Crippen molar-refractivity contribution in [1.29, 1.82) is 0 Å². The lowest BCUT2D eigenvalue weighted by atomic mass is 9.64. The fourth-order valence-electron chi connectivity index (χ4n) is 3.02. The maximum absolute atomic E-state index is 2.35. The number of benzene rings is 2. The van der Waals surface area contributed by atoms with Crippen LogP contribution in [0.2, 0.25) is 0 Å². The van der Waals surface area contributed by atoms with E-state index in [-0.39, 0.29) is 5.41 Å². The van der Waals surface area contributed by atoms with Crippen molar-refractivity contribution in [3.8, 4) is 11.1 Å². The van der Waals surface area contributed by atoms with Crippen molar-refractivity contribution in [2.75, 3.05) is 0 Å². The van der Waals surface area contributed by atoms with E-state index in [9.17, 15) is 0 Å². The molecule has 3 rings (SSSR count). The highest BCUT2D eigenvalue weighted by molar-refractivity contribution is 5.75. The molecular weight excluding hydrogens is 204 g/mol. The minimum Gasteiger partial charge on any atom is -0.0619 e. The lowest BCUT2D eigenvalue weighted by Gasteiger charge is -2.40. The molecule has 0 spiro atoms. The predicted octanol–water partition coefficient (Wildman–Crippen LogP) is 4.75. The van der Waals surface area contributed by atoms with E-state index in [2.05, 4.69) is 69.3 Å². The van der Waals surface area contributed by atoms with Crippen LogP contribution in [0.1, 0.15) is 37.8 Å². The van der Waals surface area contributed by atoms with E-state index < -0.39 is 0 Å². The van der Waals surface area contributed by atoms with Crippen LogP contribution in [0, 0.1) is 0 Å². The largest absolute Gasteiger partial charge is 0.0619 e. The Morgan fingerprint density at radius 1 is 0.824 bits per heavy atom. The predicted molar refractivity (Wildman–Crippen MR) is 73.3 cm³/mol. The Labute approximate surface area is 103 Å². The summed E-state index contributed by atoms with van der Waals surface area (Å²) in [6.07, 6.45) is 0. The second kappa shape index (κ2) is 3.46. The smallest absolute Gasteiger partial charge is 0.00312 e. The van der Waals surface area contributed by atoms with Gasteiger partial charge in [0.2, 0.25) is 0 Å². The number of hydrogen-bond donors (Lipinski definition) is 0. The average molecular weight is 222 g/mol. The fourth-order valence-corrected chi connectivity index (χ4v) is 3.02. The minimum atomic E-state index is 0.213. The maximum Gasteiger partial charge on any atom is -0.00312 e. The molecule has 0 saturated carbocycles. The van der Waals surface area contributed by atoms with Gasteiger partial charge in [-0.1, -0.05) is 69.3 Å². The fraction of sp³-hybridized carbons (Fsp3) is 0.294. The summed E-state index contributed by atoms with van der Waals surface area (Å²) in [4.78, 5) is 0. The van der Waals surface area contributed by atoms with Gasteiger partial charge >= 0.3 is 0 Å². The SMILES string of the molecule is CC1c2ccccc2-c2ccccc2C1(C)C. The van der Waals surface area contributed by atoms with Gasteiger partial charge in [-0.2, -0.15) is 0 Å². The van der Waals surface area contributed by atoms with Crippen molar-refractivity contribution in [2.24, 2.45) is 0 Å². The molecule has 0 heterocycles. The van der Waals surface area contributed by atoms with Crippen molar-refractivity contribution < 1.29 is 0 Å². The third kappa shape index (κ3) is 1.37. The van der Waals surface area contributed by atoms with Gasteiger partial charge in [0, 0.05) is 0 Å². The van der Waals surface area contributed by atoms with Gasteiger partial charge in [-0.05, 0) is 33.6 Å². The van der Waals surface area contributed by atoms with Crippen molar-refractivity contribution in [3.63, 3.8) is 0 Å². The van der Waals surface area contributed by atoms with Gasteiger partial charge in [-0.25, -0.2) is 0 Å². The lowest BCUT2D eigenvalue weighted by molar-refractivity contribution is 0.432. The minimum absolute atomic E-state index is 0.213. The van der Waals surface area contributed by atoms with Crippen LogP contribution < -0.4 is 0 Å². The van der Waals surface area contributed by atoms with Gasteiger partial charge in [0.25, 0.3) is 0 Å². The molecule has 2 aromatic rings. The highest BCUT2D eigenvalue weighted by atomic mass is 14.4. The van der Waals surface area contributed by atoms with E-state index in [0.29, 0.717) is 5.92 Å². The van der Waals surface area contributed by atoms with Crippen LogP contribution in [0.5, 0.6) is 0 Å². The standard InChI is InChI=1S/C17H18/c1-12-13-8-4-5-9-14(13)15-10-6-7-11-16(15)17(12,2)3/h4-12H,1-3H3. The van der Waals surface area contributed by atoms with Gasteiger partial charge in [0.05, 0.1) is 0 Å². The van der Waals surface area contributed by atoms with Crippen LogP contribution in [0.15, 0.2) is 48.5 Å². The molecule has 0 fully saturated rings. The molecular formula is C17H18. The van der Waals surface area contributed by atoms with Crippen molar-refractivity contribution in [2.45, 2.75) is 32.1 Å². The summed E-state index contributed by atoms with van der Waals surface area (Å²) in [7, 11) is 0. The summed E-state index contributed by atoms with van der Waals surface area (Å²) in [5, 5.41) is 0. The van der Waals surface area contributed by atoms with E-state index in [1.54, 1.807) is 0 Å². The molecule has 1 atom stereocenters. The normalized spacial score (nSPS) is 20.5. The Hall–Kier alpha value is -1.56. The molecule has 0 radical (unpaired) electrons. The lowest BCUT2D eigenvalue weighted by Crippen LogP contribution is -2.29. The second-order valence-corrected chi connectivity index (χ2v) is 5.58. The van der Waals surface area contributed by atoms with E-state index >= 15 is 0 Å². The average Bonchev–Trinajstić information content (AvgIpc) is 2.37. The first-order valence-corrected chi connectivity index (χ1v) is 6.31. The number of rotatable bonds is 0. The molecule has 1 unspecified atom stereocenters. The summed E-state index contributed by atoms with van der Waals surface area (Å²) >= 11 is 0. The number of fused-ring (bicyclic) bond motifs is 3. The Bertz CT molecular complexity index is 564. The van der Waals surface area contributed by atoms with Crippen LogP contribution in [-0.4, -0.2) is 0 Å². The van der Waals surface area contributed by atoms with E-state index in [1.807, 2.05) is 0 Å². The third-order valence-corrected chi connectivity index (χ3v) is 4.42. The van der Waals surface area contributed by atoms with Crippen LogP contribution in [0.3, 0.4) is 0 Å². The molecule has 0 bridgehead atoms. The van der Waals surface area contributed by atoms with E-state index in [4.69, 9.17) is 0 Å². The van der Waals surface area contributed by atoms with Crippen molar-refractivity contribution in [3.05, 3.63) is 59.7 Å². The monoisotopic (exact) mass is 222 g/mol. The summed E-state index contributed by atoms with van der Waals surface area (Å²) in [6.45, 7) is 7.05. The van der Waals surface area contributed by atoms with E-state index in [1.165, 1.54) is 22.3 Å². The third-order valence-electron chi connectivity index (χ3n) is 4.42. The Morgan fingerprint density at radius 2 is 1.41 bits per heavy atom. The zero-order chi connectivity index (χ0) is 12.0. The van der Waals surface area contributed by atoms with Crippen molar-refractivity contribution in [1.82, 2.24) is 0 Å². The Kier molecular flexibility index (Phi) is 2.16. The Morgan fingerprint density at radius 3 is 2.18 bits per heavy atom. The van der Waals surface area contributed by atoms with Crippen LogP contribution >= 0.6 is 0 Å². The molecule has 0 saturated heterocycles. The molecule has 0 heteroatoms. The van der Waals surface area contributed by atoms with Crippen molar-refractivity contribution >= 4 is 0 Å². The molecule has 1 aliphatic rings. The van der Waals surface area contributed by atoms with Gasteiger partial charge < -0.3 is 0 Å². The summed E-state index contributed by atoms with van der Waals surface area (Å²) < 4.78 is 0. The van der Waals surface area contributed by atoms with Crippen LogP contribution in [0.25, 0.3) is 11.1 Å². The Balaban J connectivity index is 2.37. The molecule has 86 valence electrons. The van der Waals surface area contributed by atoms with Gasteiger partial charge in [-0.3, -0.25) is 0 Å². The first-order chi connectivity index (χ1) is 8.12. The quantitative estimate of drug-likeness (QED) is 0.603. The maximum atomic E-state index is 2.35. The second-order valence-electron chi connectivity index (χ2n) is 5.58. The number of hydrogen-bond acceptors (Lipinski definition) is 0. The van der Waals surface area contributed by atoms with Gasteiger partial charge in [-0.15, -0.1) is 0 Å². The topological polar surface area (TPSA) is 0 Å². The van der Waals surface area contributed by atoms with Gasteiger partial charge in [0.1, 0.15) is 0 Å². The highest BCUT2D eigenvalue weighted by Gasteiger charge is 2.36. The molecule has 1 aliphatic carbocycles. The molecule has 0 aliphatic heterocycles. The summed E-state index contributed by atoms with van der Waals surface area (Å²) in [5.41, 5.74) is 5.99. The van der Waals surface area contributed by atoms with Crippen LogP contribution in [-0.2, 0) is 5.41 Å². The molecule has 0 nitrogen and oxygen atoms in total. The van der Waals surface area contributed by atoms with Crippen LogP contribution in [0.4, 0.5) is 0 Å². The first-order valence-electron chi connectivity index (χ1n) is 6.31. The summed E-state index contributed by atoms with van der Waals surface area (Å²) in [6, 6.07) is 17.6. The zero-order valence-electron chi connectivity index (χ0n) is 10.7. The molecule has 2 aromatic carbocycles.